The van der Waals surface area contributed by atoms with Gasteiger partial charge in [-0.25, -0.2) is 0 Å². The third kappa shape index (κ3) is 2.62. The fraction of sp³-hybridized carbons (Fsp3) is 0.600. The first-order valence-electron chi connectivity index (χ1n) is 6.22. The Morgan fingerprint density at radius 3 is 2.47 bits per heavy atom. The minimum Gasteiger partial charge on any atom is -0.0622 e. The van der Waals surface area contributed by atoms with Crippen LogP contribution < -0.4 is 0 Å². The van der Waals surface area contributed by atoms with E-state index in [1.54, 1.807) is 0 Å². The van der Waals surface area contributed by atoms with Crippen molar-refractivity contribution >= 4 is 0 Å². The Labute approximate surface area is 93.7 Å². The van der Waals surface area contributed by atoms with Crippen molar-refractivity contribution in [2.24, 2.45) is 11.3 Å². The van der Waals surface area contributed by atoms with Crippen LogP contribution in [0.15, 0.2) is 30.3 Å². The highest BCUT2D eigenvalue weighted by Gasteiger charge is 2.37. The second-order valence-electron chi connectivity index (χ2n) is 5.60. The molecule has 0 aromatic heterocycles. The van der Waals surface area contributed by atoms with Gasteiger partial charge >= 0.3 is 0 Å². The third-order valence-corrected chi connectivity index (χ3v) is 4.10. The topological polar surface area (TPSA) is 0 Å². The SMILES string of the molecule is CC1(C)CC[C@H]1CCCc1ccccc1. The van der Waals surface area contributed by atoms with Gasteiger partial charge in [0.15, 0.2) is 0 Å². The number of rotatable bonds is 4. The quantitative estimate of drug-likeness (QED) is 0.677. The Bertz CT molecular complexity index is 297. The summed E-state index contributed by atoms with van der Waals surface area (Å²) < 4.78 is 0. The van der Waals surface area contributed by atoms with Crippen LogP contribution in [-0.4, -0.2) is 0 Å². The molecule has 0 saturated heterocycles. The lowest BCUT2D eigenvalue weighted by molar-refractivity contribution is 0.0630. The van der Waals surface area contributed by atoms with Gasteiger partial charge in [-0.15, -0.1) is 0 Å². The van der Waals surface area contributed by atoms with Gasteiger partial charge in [-0.05, 0) is 49.0 Å². The lowest BCUT2D eigenvalue weighted by Gasteiger charge is -2.45. The highest BCUT2D eigenvalue weighted by atomic mass is 14.4. The summed E-state index contributed by atoms with van der Waals surface area (Å²) in [7, 11) is 0. The summed E-state index contributed by atoms with van der Waals surface area (Å²) in [6, 6.07) is 10.9. The van der Waals surface area contributed by atoms with E-state index in [1.165, 1.54) is 37.7 Å². The minimum atomic E-state index is 0.636. The van der Waals surface area contributed by atoms with Gasteiger partial charge < -0.3 is 0 Å². The zero-order chi connectivity index (χ0) is 10.7. The predicted octanol–water partition coefficient (Wildman–Crippen LogP) is 4.45. The molecule has 82 valence electrons. The summed E-state index contributed by atoms with van der Waals surface area (Å²) in [6.45, 7) is 4.84. The molecule has 0 amide bonds. The molecule has 0 unspecified atom stereocenters. The van der Waals surface area contributed by atoms with Crippen LogP contribution in [0.4, 0.5) is 0 Å². The Balaban J connectivity index is 1.72. The van der Waals surface area contributed by atoms with Gasteiger partial charge in [0.05, 0.1) is 0 Å². The van der Waals surface area contributed by atoms with Crippen molar-refractivity contribution in [2.45, 2.75) is 46.0 Å². The van der Waals surface area contributed by atoms with Crippen LogP contribution in [0, 0.1) is 11.3 Å². The first-order valence-corrected chi connectivity index (χ1v) is 6.22. The zero-order valence-corrected chi connectivity index (χ0v) is 10.00. The lowest BCUT2D eigenvalue weighted by Crippen LogP contribution is -2.34. The van der Waals surface area contributed by atoms with E-state index in [9.17, 15) is 0 Å². The van der Waals surface area contributed by atoms with Crippen molar-refractivity contribution in [3.05, 3.63) is 35.9 Å². The van der Waals surface area contributed by atoms with Crippen LogP contribution in [-0.2, 0) is 6.42 Å². The smallest absolute Gasteiger partial charge is 0.0279 e. The number of benzene rings is 1. The first kappa shape index (κ1) is 10.7. The van der Waals surface area contributed by atoms with Gasteiger partial charge in [-0.1, -0.05) is 44.2 Å². The highest BCUT2D eigenvalue weighted by Crippen LogP contribution is 2.48. The van der Waals surface area contributed by atoms with E-state index in [0.717, 1.165) is 5.92 Å². The minimum absolute atomic E-state index is 0.636. The summed E-state index contributed by atoms with van der Waals surface area (Å²) in [5.41, 5.74) is 2.13. The molecule has 1 aromatic carbocycles. The molecule has 1 aromatic rings. The van der Waals surface area contributed by atoms with E-state index in [4.69, 9.17) is 0 Å². The molecule has 0 radical (unpaired) electrons. The molecule has 0 nitrogen and oxygen atoms in total. The Hall–Kier alpha value is -0.780. The maximum absolute atomic E-state index is 2.42. The second kappa shape index (κ2) is 4.38. The van der Waals surface area contributed by atoms with Gasteiger partial charge in [-0.2, -0.15) is 0 Å². The average molecular weight is 202 g/mol. The van der Waals surface area contributed by atoms with Crippen molar-refractivity contribution in [3.8, 4) is 0 Å². The predicted molar refractivity (Wildman–Crippen MR) is 65.9 cm³/mol. The molecular formula is C15H22. The van der Waals surface area contributed by atoms with E-state index in [2.05, 4.69) is 44.2 Å². The molecule has 1 fully saturated rings. The summed E-state index contributed by atoms with van der Waals surface area (Å²) in [5.74, 6) is 0.987. The van der Waals surface area contributed by atoms with Crippen molar-refractivity contribution in [1.29, 1.82) is 0 Å². The molecule has 1 aliphatic rings. The molecule has 2 rings (SSSR count). The van der Waals surface area contributed by atoms with E-state index in [0.29, 0.717) is 5.41 Å². The van der Waals surface area contributed by atoms with Crippen molar-refractivity contribution in [3.63, 3.8) is 0 Å². The van der Waals surface area contributed by atoms with Crippen LogP contribution in [0.5, 0.6) is 0 Å². The first-order chi connectivity index (χ1) is 7.18. The Morgan fingerprint density at radius 1 is 1.20 bits per heavy atom. The molecule has 0 aliphatic heterocycles. The Morgan fingerprint density at radius 2 is 1.93 bits per heavy atom. The standard InChI is InChI=1S/C15H22/c1-15(2)12-11-14(15)10-6-9-13-7-4-3-5-8-13/h3-5,7-8,14H,6,9-12H2,1-2H3/t14-/m1/s1. The summed E-state index contributed by atoms with van der Waals surface area (Å²) in [5, 5.41) is 0. The van der Waals surface area contributed by atoms with Crippen LogP contribution >= 0.6 is 0 Å². The van der Waals surface area contributed by atoms with E-state index < -0.39 is 0 Å². The third-order valence-electron chi connectivity index (χ3n) is 4.10. The normalized spacial score (nSPS) is 23.5. The molecule has 0 N–H and O–H groups in total. The number of hydrogen-bond acceptors (Lipinski definition) is 0. The zero-order valence-electron chi connectivity index (χ0n) is 10.00. The Kier molecular flexibility index (Phi) is 3.14. The van der Waals surface area contributed by atoms with Gasteiger partial charge in [0.2, 0.25) is 0 Å². The van der Waals surface area contributed by atoms with Crippen LogP contribution in [0.2, 0.25) is 0 Å². The van der Waals surface area contributed by atoms with E-state index >= 15 is 0 Å². The maximum atomic E-state index is 2.42. The van der Waals surface area contributed by atoms with E-state index in [1.807, 2.05) is 0 Å². The van der Waals surface area contributed by atoms with Gasteiger partial charge in [-0.3, -0.25) is 0 Å². The molecule has 0 bridgehead atoms. The summed E-state index contributed by atoms with van der Waals surface area (Å²) >= 11 is 0. The highest BCUT2D eigenvalue weighted by molar-refractivity contribution is 5.14. The fourth-order valence-corrected chi connectivity index (χ4v) is 2.66. The number of aryl methyl sites for hydroxylation is 1. The average Bonchev–Trinajstić information content (AvgIpc) is 2.24. The molecule has 1 saturated carbocycles. The maximum Gasteiger partial charge on any atom is -0.0279 e. The van der Waals surface area contributed by atoms with Crippen molar-refractivity contribution in [1.82, 2.24) is 0 Å². The molecule has 1 aliphatic carbocycles. The molecule has 0 spiro atoms. The van der Waals surface area contributed by atoms with Crippen molar-refractivity contribution < 1.29 is 0 Å². The fourth-order valence-electron chi connectivity index (χ4n) is 2.66. The summed E-state index contributed by atoms with van der Waals surface area (Å²) in [6.07, 6.45) is 6.93. The van der Waals surface area contributed by atoms with E-state index in [-0.39, 0.29) is 0 Å². The van der Waals surface area contributed by atoms with Gasteiger partial charge in [0.1, 0.15) is 0 Å². The number of hydrogen-bond donors (Lipinski definition) is 0. The monoisotopic (exact) mass is 202 g/mol. The molecular weight excluding hydrogens is 180 g/mol. The summed E-state index contributed by atoms with van der Waals surface area (Å²) in [4.78, 5) is 0. The molecule has 15 heavy (non-hydrogen) atoms. The van der Waals surface area contributed by atoms with Crippen LogP contribution in [0.1, 0.15) is 45.1 Å². The molecule has 0 heteroatoms. The molecule has 0 heterocycles. The van der Waals surface area contributed by atoms with Gasteiger partial charge in [0.25, 0.3) is 0 Å². The van der Waals surface area contributed by atoms with Gasteiger partial charge in [0, 0.05) is 0 Å². The van der Waals surface area contributed by atoms with Crippen molar-refractivity contribution in [2.75, 3.05) is 0 Å². The van der Waals surface area contributed by atoms with Crippen LogP contribution in [0.25, 0.3) is 0 Å². The largest absolute Gasteiger partial charge is 0.0622 e. The second-order valence-corrected chi connectivity index (χ2v) is 5.60. The lowest BCUT2D eigenvalue weighted by atomic mass is 9.61. The molecule has 1 atom stereocenters. The van der Waals surface area contributed by atoms with Crippen LogP contribution in [0.3, 0.4) is 0 Å².